The van der Waals surface area contributed by atoms with Crippen molar-refractivity contribution in [2.45, 2.75) is 71.1 Å². The van der Waals surface area contributed by atoms with E-state index in [4.69, 9.17) is 4.18 Å². The van der Waals surface area contributed by atoms with Crippen LogP contribution in [0.15, 0.2) is 82.0 Å². The monoisotopic (exact) mass is 533 g/mol. The molecule has 0 fully saturated rings. The predicted octanol–water partition coefficient (Wildman–Crippen LogP) is 6.16. The van der Waals surface area contributed by atoms with Gasteiger partial charge < -0.3 is 9.08 Å². The summed E-state index contributed by atoms with van der Waals surface area (Å²) in [5.41, 5.74) is 3.64. The number of ketones is 2. The second-order valence-corrected chi connectivity index (χ2v) is 13.7. The fraction of sp³-hybridized carbons (Fsp3) is 0.419. The molecule has 2 aromatic carbocycles. The van der Waals surface area contributed by atoms with Crippen molar-refractivity contribution >= 4 is 21.7 Å². The van der Waals surface area contributed by atoms with Crippen molar-refractivity contribution < 1.29 is 22.2 Å². The van der Waals surface area contributed by atoms with Gasteiger partial charge in [-0.05, 0) is 60.4 Å². The number of hydrogen-bond acceptors (Lipinski definition) is 6. The third kappa shape index (κ3) is 4.73. The molecule has 200 valence electrons. The molecule has 0 atom stereocenters. The van der Waals surface area contributed by atoms with E-state index < -0.39 is 16.0 Å². The van der Waals surface area contributed by atoms with E-state index in [0.29, 0.717) is 36.1 Å². The van der Waals surface area contributed by atoms with Gasteiger partial charge in [-0.1, -0.05) is 58.0 Å². The Hall–Kier alpha value is -3.19. The molecule has 5 rings (SSSR count). The molecule has 0 radical (unpaired) electrons. The quantitative estimate of drug-likeness (QED) is 0.428. The number of allylic oxidation sites excluding steroid dienone is 4. The van der Waals surface area contributed by atoms with Crippen molar-refractivity contribution in [2.24, 2.45) is 10.8 Å². The van der Waals surface area contributed by atoms with Crippen molar-refractivity contribution in [1.82, 2.24) is 4.90 Å². The summed E-state index contributed by atoms with van der Waals surface area (Å²) in [6.07, 6.45) is 2.28. The van der Waals surface area contributed by atoms with E-state index in [1.54, 1.807) is 36.4 Å². The predicted molar refractivity (Wildman–Crippen MR) is 146 cm³/mol. The molecule has 3 aliphatic rings. The summed E-state index contributed by atoms with van der Waals surface area (Å²) < 4.78 is 31.4. The molecule has 0 N–H and O–H groups in total. The molecule has 7 heteroatoms. The van der Waals surface area contributed by atoms with Crippen LogP contribution in [-0.4, -0.2) is 31.4 Å². The highest BCUT2D eigenvalue weighted by Crippen LogP contribution is 2.54. The third-order valence-corrected chi connectivity index (χ3v) is 9.03. The van der Waals surface area contributed by atoms with E-state index in [1.807, 2.05) is 6.07 Å². The lowest BCUT2D eigenvalue weighted by molar-refractivity contribution is -0.119. The van der Waals surface area contributed by atoms with Gasteiger partial charge in [0.05, 0.1) is 0 Å². The van der Waals surface area contributed by atoms with Crippen molar-refractivity contribution in [3.05, 3.63) is 82.7 Å². The van der Waals surface area contributed by atoms with Crippen molar-refractivity contribution in [3.8, 4) is 5.75 Å². The Morgan fingerprint density at radius 2 is 1.37 bits per heavy atom. The number of nitrogens with zero attached hydrogens (tertiary/aromatic N) is 1. The lowest BCUT2D eigenvalue weighted by atomic mass is 9.63. The maximum absolute atomic E-state index is 13.8. The van der Waals surface area contributed by atoms with Crippen LogP contribution in [0.1, 0.15) is 71.8 Å². The summed E-state index contributed by atoms with van der Waals surface area (Å²) in [7, 11) is -4.04. The molecule has 0 bridgehead atoms. The molecule has 0 unspecified atom stereocenters. The maximum atomic E-state index is 13.8. The molecule has 2 aromatic rings. The first-order chi connectivity index (χ1) is 17.8. The van der Waals surface area contributed by atoms with Crippen LogP contribution in [0.2, 0.25) is 0 Å². The summed E-state index contributed by atoms with van der Waals surface area (Å²) in [4.78, 5) is 29.8. The summed E-state index contributed by atoms with van der Waals surface area (Å²) in [5.74, 6) is -0.294. The minimum Gasteiger partial charge on any atom is -0.379 e. The summed E-state index contributed by atoms with van der Waals surface area (Å²) in [6, 6.07) is 14.8. The minimum atomic E-state index is -4.04. The van der Waals surface area contributed by atoms with Crippen molar-refractivity contribution in [1.29, 1.82) is 0 Å². The molecule has 38 heavy (non-hydrogen) atoms. The van der Waals surface area contributed by atoms with Gasteiger partial charge in [0.25, 0.3) is 0 Å². The minimum absolute atomic E-state index is 0.0483. The van der Waals surface area contributed by atoms with E-state index in [2.05, 4.69) is 39.5 Å². The number of carbonyl (C=O) groups is 2. The van der Waals surface area contributed by atoms with Crippen LogP contribution in [0.5, 0.6) is 5.75 Å². The second-order valence-electron chi connectivity index (χ2n) is 12.2. The Bertz CT molecular complexity index is 1430. The van der Waals surface area contributed by atoms with E-state index in [1.165, 1.54) is 12.1 Å². The van der Waals surface area contributed by atoms with E-state index in [9.17, 15) is 18.0 Å². The number of rotatable bonds is 5. The van der Waals surface area contributed by atoms with Gasteiger partial charge in [0.2, 0.25) is 0 Å². The van der Waals surface area contributed by atoms with Gasteiger partial charge in [-0.25, -0.2) is 0 Å². The summed E-state index contributed by atoms with van der Waals surface area (Å²) >= 11 is 0. The van der Waals surface area contributed by atoms with Gasteiger partial charge in [-0.2, -0.15) is 8.42 Å². The Balaban J connectivity index is 1.66. The Labute approximate surface area is 225 Å². The van der Waals surface area contributed by atoms with Gasteiger partial charge in [0, 0.05) is 47.8 Å². The molecule has 1 aliphatic heterocycles. The first-order valence-electron chi connectivity index (χ1n) is 13.2. The number of Topliss-reactive ketones (excluding diaryl/α,β-unsaturated/α-hetero) is 2. The molecule has 2 aliphatic carbocycles. The van der Waals surface area contributed by atoms with Crippen LogP contribution in [0, 0.1) is 10.8 Å². The normalized spacial score (nSPS) is 21.3. The van der Waals surface area contributed by atoms with Gasteiger partial charge in [0.1, 0.15) is 10.6 Å². The lowest BCUT2D eigenvalue weighted by Crippen LogP contribution is -2.44. The van der Waals surface area contributed by atoms with Crippen molar-refractivity contribution in [2.75, 3.05) is 6.54 Å². The van der Waals surface area contributed by atoms with Crippen LogP contribution in [-0.2, 0) is 19.7 Å². The molecule has 0 amide bonds. The Morgan fingerprint density at radius 3 is 1.89 bits per heavy atom. The number of benzene rings is 2. The number of hydrogen-bond donors (Lipinski definition) is 0. The van der Waals surface area contributed by atoms with Crippen LogP contribution >= 0.6 is 0 Å². The average Bonchev–Trinajstić information content (AvgIpc) is 2.82. The lowest BCUT2D eigenvalue weighted by Gasteiger charge is -2.48. The fourth-order valence-corrected chi connectivity index (χ4v) is 7.21. The molecule has 0 aromatic heterocycles. The van der Waals surface area contributed by atoms with E-state index in [-0.39, 0.29) is 33.0 Å². The molecule has 0 saturated carbocycles. The second kappa shape index (κ2) is 9.23. The largest absolute Gasteiger partial charge is 0.379 e. The highest BCUT2D eigenvalue weighted by atomic mass is 32.2. The topological polar surface area (TPSA) is 80.8 Å². The maximum Gasteiger partial charge on any atom is 0.339 e. The number of carbonyl (C=O) groups excluding carboxylic acids is 2. The Morgan fingerprint density at radius 1 is 0.816 bits per heavy atom. The van der Waals surface area contributed by atoms with Crippen molar-refractivity contribution in [3.63, 3.8) is 0 Å². The third-order valence-electron chi connectivity index (χ3n) is 7.77. The SMILES string of the molecule is CCN1C2=C(C(=O)CC(C)(C)C2)C(c2cccc(OS(=O)(=O)c3ccccc3)c2)C2=C1CC(C)(C)CC2=O. The average molecular weight is 534 g/mol. The molecule has 1 heterocycles. The molecular formula is C31H35NO5S. The van der Waals surface area contributed by atoms with Gasteiger partial charge in [0.15, 0.2) is 11.6 Å². The molecular weight excluding hydrogens is 498 g/mol. The Kier molecular flexibility index (Phi) is 6.41. The highest BCUT2D eigenvalue weighted by Gasteiger charge is 2.48. The van der Waals surface area contributed by atoms with Crippen LogP contribution in [0.25, 0.3) is 0 Å². The van der Waals surface area contributed by atoms with Crippen LogP contribution < -0.4 is 4.18 Å². The van der Waals surface area contributed by atoms with Gasteiger partial charge >= 0.3 is 10.1 Å². The fourth-order valence-electron chi connectivity index (χ4n) is 6.27. The van der Waals surface area contributed by atoms with Crippen LogP contribution in [0.3, 0.4) is 0 Å². The van der Waals surface area contributed by atoms with Crippen LogP contribution in [0.4, 0.5) is 0 Å². The highest BCUT2D eigenvalue weighted by molar-refractivity contribution is 7.87. The zero-order valence-electron chi connectivity index (χ0n) is 22.7. The molecule has 6 nitrogen and oxygen atoms in total. The first kappa shape index (κ1) is 26.4. The standard InChI is InChI=1S/C31H35NO5S/c1-6-32-23-16-30(2,3)18-25(33)28(23)27(29-24(32)17-31(4,5)19-26(29)34)20-11-10-12-21(15-20)37-38(35,36)22-13-8-7-9-14-22/h7-15,27H,6,16-19H2,1-5H3. The molecule has 0 saturated heterocycles. The van der Waals surface area contributed by atoms with E-state index in [0.717, 1.165) is 24.2 Å². The smallest absolute Gasteiger partial charge is 0.339 e. The van der Waals surface area contributed by atoms with E-state index >= 15 is 0 Å². The van der Waals surface area contributed by atoms with Gasteiger partial charge in [-0.15, -0.1) is 0 Å². The zero-order valence-corrected chi connectivity index (χ0v) is 23.5. The summed E-state index contributed by atoms with van der Waals surface area (Å²) in [6.45, 7) is 11.2. The first-order valence-corrected chi connectivity index (χ1v) is 14.6. The zero-order chi connectivity index (χ0) is 27.5. The van der Waals surface area contributed by atoms with Gasteiger partial charge in [-0.3, -0.25) is 9.59 Å². The molecule has 0 spiro atoms. The summed E-state index contributed by atoms with van der Waals surface area (Å²) in [5, 5.41) is 0.